The van der Waals surface area contributed by atoms with Crippen molar-refractivity contribution in [3.8, 4) is 5.75 Å². The minimum atomic E-state index is -0.485. The van der Waals surface area contributed by atoms with Crippen LogP contribution in [0.1, 0.15) is 59.7 Å². The summed E-state index contributed by atoms with van der Waals surface area (Å²) in [5.74, 6) is 0.122. The van der Waals surface area contributed by atoms with Gasteiger partial charge in [0.05, 0.1) is 12.8 Å². The summed E-state index contributed by atoms with van der Waals surface area (Å²) < 4.78 is 18.6. The van der Waals surface area contributed by atoms with Gasteiger partial charge in [-0.25, -0.2) is 14.4 Å². The Balaban J connectivity index is 1.32. The third-order valence-electron chi connectivity index (χ3n) is 6.88. The summed E-state index contributed by atoms with van der Waals surface area (Å²) in [4.78, 5) is 38.6. The van der Waals surface area contributed by atoms with Crippen LogP contribution in [-0.2, 0) is 16.2 Å². The van der Waals surface area contributed by atoms with Gasteiger partial charge >= 0.3 is 0 Å². The minimum Gasteiger partial charge on any atom is -0.494 e. The Bertz CT molecular complexity index is 1170. The number of hydrogen-bond acceptors (Lipinski definition) is 8. The number of nitrogens with zero attached hydrogens (tertiary/aromatic N) is 3. The molecule has 2 aromatic rings. The number of ether oxygens (including phenoxy) is 1. The zero-order valence-corrected chi connectivity index (χ0v) is 21.0. The molecular formula is C26H32FN5O5. The van der Waals surface area contributed by atoms with Crippen molar-refractivity contribution in [3.05, 3.63) is 52.9 Å². The van der Waals surface area contributed by atoms with Crippen LogP contribution in [0.3, 0.4) is 0 Å². The van der Waals surface area contributed by atoms with Crippen LogP contribution in [0.25, 0.3) is 0 Å². The van der Waals surface area contributed by atoms with Crippen LogP contribution in [-0.4, -0.2) is 59.0 Å². The molecule has 0 radical (unpaired) electrons. The fraction of sp³-hybridized carbons (Fsp3) is 0.500. The van der Waals surface area contributed by atoms with Gasteiger partial charge in [0.2, 0.25) is 5.91 Å². The van der Waals surface area contributed by atoms with Gasteiger partial charge in [0.15, 0.2) is 11.6 Å². The van der Waals surface area contributed by atoms with E-state index in [-0.39, 0.29) is 35.9 Å². The second-order valence-electron chi connectivity index (χ2n) is 9.47. The van der Waals surface area contributed by atoms with E-state index in [9.17, 15) is 14.0 Å². The van der Waals surface area contributed by atoms with Gasteiger partial charge in [-0.05, 0) is 68.2 Å². The lowest BCUT2D eigenvalue weighted by molar-refractivity contribution is -0.124. The number of halogens is 1. The molecule has 10 nitrogen and oxygen atoms in total. The average Bonchev–Trinajstić information content (AvgIpc) is 3.41. The normalized spacial score (nSPS) is 21.1. The maximum atomic E-state index is 13.6. The van der Waals surface area contributed by atoms with Crippen molar-refractivity contribution in [2.24, 2.45) is 17.0 Å². The lowest BCUT2D eigenvalue weighted by Crippen LogP contribution is -2.34. The number of methoxy groups -OCH3 is 1. The zero-order chi connectivity index (χ0) is 26.4. The van der Waals surface area contributed by atoms with Gasteiger partial charge in [-0.15, -0.1) is 0 Å². The molecule has 4 rings (SSSR count). The summed E-state index contributed by atoms with van der Waals surface area (Å²) >= 11 is 0. The number of carbonyl (C=O) groups excluding carboxylic acids is 2. The van der Waals surface area contributed by atoms with E-state index >= 15 is 0 Å². The summed E-state index contributed by atoms with van der Waals surface area (Å²) in [5.41, 5.74) is 2.15. The molecule has 1 aliphatic carbocycles. The molecule has 2 heterocycles. The van der Waals surface area contributed by atoms with E-state index in [1.807, 2.05) is 0 Å². The number of aliphatic hydroxyl groups excluding tert-OH is 1. The molecule has 1 aromatic carbocycles. The molecule has 1 fully saturated rings. The van der Waals surface area contributed by atoms with Crippen molar-refractivity contribution in [2.45, 2.75) is 51.7 Å². The first-order valence-electron chi connectivity index (χ1n) is 12.4. The van der Waals surface area contributed by atoms with E-state index in [4.69, 9.17) is 14.7 Å². The zero-order valence-electron chi connectivity index (χ0n) is 21.0. The molecular weight excluding hydrogens is 481 g/mol. The predicted molar refractivity (Wildman–Crippen MR) is 132 cm³/mol. The Morgan fingerprint density at radius 2 is 1.95 bits per heavy atom. The Labute approximate surface area is 214 Å². The number of carbonyl (C=O) groups is 2. The van der Waals surface area contributed by atoms with Gasteiger partial charge in [-0.3, -0.25) is 9.59 Å². The highest BCUT2D eigenvalue weighted by atomic mass is 19.1. The third-order valence-corrected chi connectivity index (χ3v) is 6.88. The molecule has 0 bridgehead atoms. The van der Waals surface area contributed by atoms with E-state index in [0.29, 0.717) is 47.6 Å². The summed E-state index contributed by atoms with van der Waals surface area (Å²) in [6.07, 6.45) is 4.44. The van der Waals surface area contributed by atoms with Gasteiger partial charge in [0, 0.05) is 19.5 Å². The summed E-state index contributed by atoms with van der Waals surface area (Å²) in [5, 5.41) is 18.7. The number of nitrogens with one attached hydrogen (secondary N) is 2. The molecule has 3 N–H and O–H groups in total. The van der Waals surface area contributed by atoms with Crippen LogP contribution in [0, 0.1) is 24.6 Å². The monoisotopic (exact) mass is 513 g/mol. The SMILES string of the molecule is COc1cc(CNC(=O)c2cc(C3=NOC(C4CCC(CNC(=O)CO)CC4)C3)nc(C)n2)ccc1F. The van der Waals surface area contributed by atoms with Gasteiger partial charge in [0.25, 0.3) is 5.91 Å². The first kappa shape index (κ1) is 26.5. The quantitative estimate of drug-likeness (QED) is 0.468. The second-order valence-corrected chi connectivity index (χ2v) is 9.47. The Hall–Kier alpha value is -3.60. The maximum Gasteiger partial charge on any atom is 0.270 e. The van der Waals surface area contributed by atoms with Gasteiger partial charge in [0.1, 0.15) is 29.9 Å². The summed E-state index contributed by atoms with van der Waals surface area (Å²) in [6.45, 7) is 2.00. The molecule has 2 aliphatic rings. The smallest absolute Gasteiger partial charge is 0.270 e. The van der Waals surface area contributed by atoms with Crippen LogP contribution >= 0.6 is 0 Å². The van der Waals surface area contributed by atoms with E-state index in [1.165, 1.54) is 19.2 Å². The Morgan fingerprint density at radius 3 is 2.68 bits per heavy atom. The molecule has 1 saturated carbocycles. The van der Waals surface area contributed by atoms with Crippen molar-refractivity contribution >= 4 is 17.5 Å². The lowest BCUT2D eigenvalue weighted by Gasteiger charge is -2.30. The molecule has 37 heavy (non-hydrogen) atoms. The summed E-state index contributed by atoms with van der Waals surface area (Å²) in [7, 11) is 1.39. The van der Waals surface area contributed by atoms with Crippen LogP contribution in [0.2, 0.25) is 0 Å². The number of aromatic nitrogens is 2. The van der Waals surface area contributed by atoms with Crippen LogP contribution in [0.4, 0.5) is 4.39 Å². The molecule has 0 spiro atoms. The fourth-order valence-corrected chi connectivity index (χ4v) is 4.80. The first-order chi connectivity index (χ1) is 17.9. The largest absolute Gasteiger partial charge is 0.494 e. The van der Waals surface area contributed by atoms with Gasteiger partial charge in [-0.2, -0.15) is 0 Å². The van der Waals surface area contributed by atoms with E-state index in [2.05, 4.69) is 25.8 Å². The molecule has 1 aliphatic heterocycles. The van der Waals surface area contributed by atoms with Crippen LogP contribution in [0.5, 0.6) is 5.75 Å². The predicted octanol–water partition coefficient (Wildman–Crippen LogP) is 2.27. The number of oxime groups is 1. The number of rotatable bonds is 9. The van der Waals surface area contributed by atoms with E-state index < -0.39 is 12.4 Å². The molecule has 1 unspecified atom stereocenters. The Kier molecular flexibility index (Phi) is 8.65. The average molecular weight is 514 g/mol. The van der Waals surface area contributed by atoms with E-state index in [1.54, 1.807) is 19.1 Å². The molecule has 1 aromatic heterocycles. The summed E-state index contributed by atoms with van der Waals surface area (Å²) in [6, 6.07) is 6.02. The van der Waals surface area contributed by atoms with Crippen molar-refractivity contribution in [3.63, 3.8) is 0 Å². The fourth-order valence-electron chi connectivity index (χ4n) is 4.80. The van der Waals surface area contributed by atoms with Crippen molar-refractivity contribution in [1.82, 2.24) is 20.6 Å². The molecule has 1 atom stereocenters. The first-order valence-corrected chi connectivity index (χ1v) is 12.4. The van der Waals surface area contributed by atoms with Gasteiger partial charge in [-0.1, -0.05) is 11.2 Å². The highest BCUT2D eigenvalue weighted by Gasteiger charge is 2.34. The molecule has 0 saturated heterocycles. The second kappa shape index (κ2) is 12.1. The molecule has 11 heteroatoms. The minimum absolute atomic E-state index is 0.0519. The van der Waals surface area contributed by atoms with Gasteiger partial charge < -0.3 is 25.3 Å². The van der Waals surface area contributed by atoms with E-state index in [0.717, 1.165) is 25.7 Å². The highest BCUT2D eigenvalue weighted by Crippen LogP contribution is 2.35. The Morgan fingerprint density at radius 1 is 1.16 bits per heavy atom. The maximum absolute atomic E-state index is 13.6. The van der Waals surface area contributed by atoms with Crippen molar-refractivity contribution in [2.75, 3.05) is 20.3 Å². The van der Waals surface area contributed by atoms with Crippen LogP contribution in [0.15, 0.2) is 29.4 Å². The van der Waals surface area contributed by atoms with Crippen molar-refractivity contribution < 1.29 is 28.7 Å². The van der Waals surface area contributed by atoms with Crippen molar-refractivity contribution in [1.29, 1.82) is 0 Å². The topological polar surface area (TPSA) is 135 Å². The number of benzene rings is 1. The van der Waals surface area contributed by atoms with Crippen LogP contribution < -0.4 is 15.4 Å². The number of hydrogen-bond donors (Lipinski definition) is 3. The highest BCUT2D eigenvalue weighted by molar-refractivity contribution is 6.01. The number of amides is 2. The number of aliphatic hydroxyl groups is 1. The molecule has 2 amide bonds. The molecule has 198 valence electrons. The lowest BCUT2D eigenvalue weighted by atomic mass is 9.78. The third kappa shape index (κ3) is 6.79. The standard InChI is InChI=1S/C26H32FN5O5/c1-15-30-20(10-22(31-15)26(35)29-13-17-5-8-19(27)24(9-17)36-2)21-11-23(37-32-21)18-6-3-16(4-7-18)12-28-25(34)14-33/h5,8-10,16,18,23,33H,3-4,6-7,11-14H2,1-2H3,(H,28,34)(H,29,35). The number of aryl methyl sites for hydroxylation is 1.